The highest BCUT2D eigenvalue weighted by Crippen LogP contribution is 2.29. The molecule has 21 heavy (non-hydrogen) atoms. The third-order valence-electron chi connectivity index (χ3n) is 3.54. The molecule has 2 N–H and O–H groups in total. The molecule has 5 heteroatoms. The fourth-order valence-corrected chi connectivity index (χ4v) is 2.44. The number of ketones is 1. The standard InChI is InChI=1S/C16H10N2O3/c17-8-12-6-10(2-4-15(12)19)9-1-3-13-11(5-9)7-14(18-21)16(13)20/h1-6,19,21H,7H2/b18-14+. The summed E-state index contributed by atoms with van der Waals surface area (Å²) in [6.45, 7) is 0. The second kappa shape index (κ2) is 4.76. The Morgan fingerprint density at radius 3 is 2.57 bits per heavy atom. The molecule has 0 saturated carbocycles. The van der Waals surface area contributed by atoms with E-state index in [9.17, 15) is 9.90 Å². The van der Waals surface area contributed by atoms with Gasteiger partial charge in [-0.05, 0) is 28.8 Å². The fraction of sp³-hybridized carbons (Fsp3) is 0.0625. The van der Waals surface area contributed by atoms with Gasteiger partial charge in [0.05, 0.1) is 5.56 Å². The molecule has 0 aromatic heterocycles. The van der Waals surface area contributed by atoms with Crippen molar-refractivity contribution in [2.45, 2.75) is 6.42 Å². The Balaban J connectivity index is 2.08. The van der Waals surface area contributed by atoms with E-state index < -0.39 is 0 Å². The number of carbonyl (C=O) groups excluding carboxylic acids is 1. The Morgan fingerprint density at radius 1 is 1.14 bits per heavy atom. The van der Waals surface area contributed by atoms with Crippen LogP contribution in [0.25, 0.3) is 11.1 Å². The van der Waals surface area contributed by atoms with Gasteiger partial charge in [0.1, 0.15) is 17.5 Å². The van der Waals surface area contributed by atoms with Gasteiger partial charge < -0.3 is 10.3 Å². The normalized spacial score (nSPS) is 15.0. The van der Waals surface area contributed by atoms with Crippen LogP contribution in [0, 0.1) is 11.3 Å². The van der Waals surface area contributed by atoms with E-state index >= 15 is 0 Å². The summed E-state index contributed by atoms with van der Waals surface area (Å²) in [6, 6.07) is 12.0. The van der Waals surface area contributed by atoms with Crippen LogP contribution in [-0.2, 0) is 6.42 Å². The number of benzene rings is 2. The van der Waals surface area contributed by atoms with Crippen LogP contribution < -0.4 is 0 Å². The van der Waals surface area contributed by atoms with E-state index in [0.717, 1.165) is 16.7 Å². The molecule has 0 aliphatic heterocycles. The third-order valence-corrected chi connectivity index (χ3v) is 3.54. The second-order valence-corrected chi connectivity index (χ2v) is 4.77. The number of Topliss-reactive ketones (excluding diaryl/α,β-unsaturated/α-hetero) is 1. The Kier molecular flexibility index (Phi) is 2.92. The van der Waals surface area contributed by atoms with Crippen LogP contribution in [0.15, 0.2) is 41.6 Å². The smallest absolute Gasteiger partial charge is 0.211 e. The summed E-state index contributed by atoms with van der Waals surface area (Å²) in [4.78, 5) is 11.9. The molecule has 0 saturated heterocycles. The molecule has 0 amide bonds. The first-order valence-corrected chi connectivity index (χ1v) is 6.26. The van der Waals surface area contributed by atoms with Gasteiger partial charge in [0, 0.05) is 12.0 Å². The van der Waals surface area contributed by atoms with Gasteiger partial charge >= 0.3 is 0 Å². The largest absolute Gasteiger partial charge is 0.507 e. The molecular formula is C16H10N2O3. The highest BCUT2D eigenvalue weighted by molar-refractivity contribution is 6.49. The number of carbonyl (C=O) groups is 1. The van der Waals surface area contributed by atoms with Gasteiger partial charge in [0.2, 0.25) is 5.78 Å². The summed E-state index contributed by atoms with van der Waals surface area (Å²) < 4.78 is 0. The maximum absolute atomic E-state index is 11.9. The average Bonchev–Trinajstić information content (AvgIpc) is 2.83. The fourth-order valence-electron chi connectivity index (χ4n) is 2.44. The number of fused-ring (bicyclic) bond motifs is 1. The van der Waals surface area contributed by atoms with Crippen LogP contribution in [0.2, 0.25) is 0 Å². The number of rotatable bonds is 1. The molecule has 102 valence electrons. The Hall–Kier alpha value is -3.13. The van der Waals surface area contributed by atoms with Gasteiger partial charge in [-0.1, -0.05) is 29.4 Å². The molecule has 0 fully saturated rings. The number of hydrogen-bond donors (Lipinski definition) is 2. The topological polar surface area (TPSA) is 93.7 Å². The predicted octanol–water partition coefficient (Wildman–Crippen LogP) is 2.50. The molecule has 2 aromatic rings. The van der Waals surface area contributed by atoms with E-state index in [1.807, 2.05) is 12.1 Å². The van der Waals surface area contributed by atoms with Crippen molar-refractivity contribution in [3.05, 3.63) is 53.1 Å². The number of aromatic hydroxyl groups is 1. The first kappa shape index (κ1) is 12.9. The second-order valence-electron chi connectivity index (χ2n) is 4.77. The van der Waals surface area contributed by atoms with Gasteiger partial charge in [0.15, 0.2) is 0 Å². The van der Waals surface area contributed by atoms with E-state index in [1.165, 1.54) is 6.07 Å². The molecule has 1 aliphatic rings. The number of nitrogens with zero attached hydrogens (tertiary/aromatic N) is 2. The zero-order valence-corrected chi connectivity index (χ0v) is 10.9. The van der Waals surface area contributed by atoms with E-state index in [1.54, 1.807) is 24.3 Å². The van der Waals surface area contributed by atoms with E-state index in [-0.39, 0.29) is 22.8 Å². The zero-order valence-electron chi connectivity index (χ0n) is 10.9. The van der Waals surface area contributed by atoms with E-state index in [2.05, 4.69) is 5.16 Å². The van der Waals surface area contributed by atoms with Crippen LogP contribution in [0.3, 0.4) is 0 Å². The molecule has 0 atom stereocenters. The molecule has 1 aliphatic carbocycles. The van der Waals surface area contributed by atoms with Gasteiger partial charge in [-0.2, -0.15) is 5.26 Å². The van der Waals surface area contributed by atoms with Crippen molar-refractivity contribution >= 4 is 11.5 Å². The first-order valence-electron chi connectivity index (χ1n) is 6.26. The number of phenolic OH excluding ortho intramolecular Hbond substituents is 1. The van der Waals surface area contributed by atoms with Crippen LogP contribution in [-0.4, -0.2) is 21.8 Å². The number of nitriles is 1. The van der Waals surface area contributed by atoms with Gasteiger partial charge in [-0.3, -0.25) is 4.79 Å². The van der Waals surface area contributed by atoms with Crippen molar-refractivity contribution in [3.63, 3.8) is 0 Å². The minimum atomic E-state index is -0.262. The molecule has 2 aromatic carbocycles. The van der Waals surface area contributed by atoms with Crippen LogP contribution >= 0.6 is 0 Å². The summed E-state index contributed by atoms with van der Waals surface area (Å²) in [7, 11) is 0. The number of oxime groups is 1. The molecule has 0 spiro atoms. The summed E-state index contributed by atoms with van der Waals surface area (Å²) >= 11 is 0. The third kappa shape index (κ3) is 2.03. The zero-order chi connectivity index (χ0) is 15.0. The van der Waals surface area contributed by atoms with Crippen molar-refractivity contribution < 1.29 is 15.1 Å². The molecule has 3 rings (SSSR count). The summed E-state index contributed by atoms with van der Waals surface area (Å²) in [5.41, 5.74) is 3.25. The molecule has 0 heterocycles. The Bertz CT molecular complexity index is 832. The molecular weight excluding hydrogens is 268 g/mol. The van der Waals surface area contributed by atoms with Crippen molar-refractivity contribution in [1.82, 2.24) is 0 Å². The van der Waals surface area contributed by atoms with Gasteiger partial charge in [0.25, 0.3) is 0 Å². The minimum Gasteiger partial charge on any atom is -0.507 e. The predicted molar refractivity (Wildman–Crippen MR) is 75.5 cm³/mol. The van der Waals surface area contributed by atoms with Gasteiger partial charge in [-0.15, -0.1) is 0 Å². The Labute approximate surface area is 120 Å². The van der Waals surface area contributed by atoms with E-state index in [4.69, 9.17) is 10.5 Å². The van der Waals surface area contributed by atoms with Crippen LogP contribution in [0.1, 0.15) is 21.5 Å². The lowest BCUT2D eigenvalue weighted by Gasteiger charge is -2.05. The lowest BCUT2D eigenvalue weighted by molar-refractivity contribution is 0.106. The van der Waals surface area contributed by atoms with E-state index in [0.29, 0.717) is 12.0 Å². The molecule has 0 radical (unpaired) electrons. The van der Waals surface area contributed by atoms with Crippen molar-refractivity contribution in [2.75, 3.05) is 0 Å². The van der Waals surface area contributed by atoms with Crippen molar-refractivity contribution in [1.29, 1.82) is 5.26 Å². The highest BCUT2D eigenvalue weighted by Gasteiger charge is 2.27. The average molecular weight is 278 g/mol. The number of phenols is 1. The molecule has 0 bridgehead atoms. The molecule has 0 unspecified atom stereocenters. The lowest BCUT2D eigenvalue weighted by atomic mass is 9.99. The van der Waals surface area contributed by atoms with Crippen molar-refractivity contribution in [3.8, 4) is 22.9 Å². The highest BCUT2D eigenvalue weighted by atomic mass is 16.4. The lowest BCUT2D eigenvalue weighted by Crippen LogP contribution is -2.06. The maximum Gasteiger partial charge on any atom is 0.211 e. The quantitative estimate of drug-likeness (QED) is 0.619. The minimum absolute atomic E-state index is 0.0627. The SMILES string of the molecule is N#Cc1cc(-c2ccc3c(c2)C/C(=N\O)C3=O)ccc1O. The summed E-state index contributed by atoms with van der Waals surface area (Å²) in [5, 5.41) is 30.3. The molecule has 5 nitrogen and oxygen atoms in total. The first-order chi connectivity index (χ1) is 10.1. The maximum atomic E-state index is 11.9. The number of hydrogen-bond acceptors (Lipinski definition) is 5. The summed E-state index contributed by atoms with van der Waals surface area (Å²) in [5.74, 6) is -0.324. The Morgan fingerprint density at radius 2 is 1.86 bits per heavy atom. The monoisotopic (exact) mass is 278 g/mol. The van der Waals surface area contributed by atoms with Crippen LogP contribution in [0.4, 0.5) is 0 Å². The van der Waals surface area contributed by atoms with Crippen molar-refractivity contribution in [2.24, 2.45) is 5.16 Å². The summed E-state index contributed by atoms with van der Waals surface area (Å²) in [6.07, 6.45) is 0.293. The van der Waals surface area contributed by atoms with Gasteiger partial charge in [-0.25, -0.2) is 0 Å². The van der Waals surface area contributed by atoms with Crippen LogP contribution in [0.5, 0.6) is 5.75 Å².